The third kappa shape index (κ3) is 2.09. The molecular formula is C11H15BrN2O2S. The highest BCUT2D eigenvalue weighted by Crippen LogP contribution is 2.37. The van der Waals surface area contributed by atoms with Gasteiger partial charge >= 0.3 is 0 Å². The first-order valence-electron chi connectivity index (χ1n) is 5.42. The van der Waals surface area contributed by atoms with Gasteiger partial charge in [-0.25, -0.2) is 8.42 Å². The molecule has 17 heavy (non-hydrogen) atoms. The van der Waals surface area contributed by atoms with Crippen molar-refractivity contribution in [2.75, 3.05) is 18.9 Å². The average molecular weight is 319 g/mol. The van der Waals surface area contributed by atoms with Crippen molar-refractivity contribution >= 4 is 31.5 Å². The molecule has 1 aromatic rings. The lowest BCUT2D eigenvalue weighted by Gasteiger charge is -2.32. The molecule has 0 amide bonds. The van der Waals surface area contributed by atoms with Crippen molar-refractivity contribution in [2.45, 2.75) is 23.1 Å². The summed E-state index contributed by atoms with van der Waals surface area (Å²) in [6.45, 7) is 2.34. The van der Waals surface area contributed by atoms with Crippen molar-refractivity contribution in [2.24, 2.45) is 0 Å². The summed E-state index contributed by atoms with van der Waals surface area (Å²) < 4.78 is 25.7. The standard InChI is InChI=1S/C11H15BrN2O2S/c1-7-10(6-13-2)17(15,16)9-5-3-4-8(12)11(9)14-7/h3-5,7,10,13-14H,6H2,1-2H3. The Hall–Kier alpha value is -0.590. The number of para-hydroxylation sites is 1. The quantitative estimate of drug-likeness (QED) is 0.870. The maximum Gasteiger partial charge on any atom is 0.186 e. The van der Waals surface area contributed by atoms with Crippen LogP contribution in [0.1, 0.15) is 6.92 Å². The fourth-order valence-corrected chi connectivity index (χ4v) is 4.77. The summed E-state index contributed by atoms with van der Waals surface area (Å²) >= 11 is 3.38. The highest BCUT2D eigenvalue weighted by atomic mass is 79.9. The minimum absolute atomic E-state index is 0.112. The molecule has 1 aromatic carbocycles. The van der Waals surface area contributed by atoms with Gasteiger partial charge in [-0.1, -0.05) is 6.07 Å². The van der Waals surface area contributed by atoms with Crippen LogP contribution in [0.2, 0.25) is 0 Å². The summed E-state index contributed by atoms with van der Waals surface area (Å²) in [5.74, 6) is 0. The van der Waals surface area contributed by atoms with Gasteiger partial charge in [0.25, 0.3) is 0 Å². The molecule has 0 saturated heterocycles. The van der Waals surface area contributed by atoms with Gasteiger partial charge in [0.1, 0.15) is 0 Å². The summed E-state index contributed by atoms with van der Waals surface area (Å²) in [5, 5.41) is 5.75. The molecule has 0 aliphatic carbocycles. The second kappa shape index (κ2) is 4.59. The maximum absolute atomic E-state index is 12.5. The average Bonchev–Trinajstić information content (AvgIpc) is 2.26. The molecular weight excluding hydrogens is 304 g/mol. The van der Waals surface area contributed by atoms with E-state index in [0.717, 1.165) is 4.47 Å². The Morgan fingerprint density at radius 3 is 2.82 bits per heavy atom. The minimum atomic E-state index is -3.27. The van der Waals surface area contributed by atoms with E-state index in [4.69, 9.17) is 0 Å². The third-order valence-corrected chi connectivity index (χ3v) is 6.00. The Morgan fingerprint density at radius 2 is 2.18 bits per heavy atom. The lowest BCUT2D eigenvalue weighted by Crippen LogP contribution is -2.47. The van der Waals surface area contributed by atoms with Crippen LogP contribution in [0.15, 0.2) is 27.6 Å². The van der Waals surface area contributed by atoms with E-state index in [1.54, 1.807) is 19.2 Å². The van der Waals surface area contributed by atoms with Crippen LogP contribution in [0.4, 0.5) is 5.69 Å². The predicted molar refractivity (Wildman–Crippen MR) is 72.1 cm³/mol. The van der Waals surface area contributed by atoms with E-state index in [1.165, 1.54) is 0 Å². The summed E-state index contributed by atoms with van der Waals surface area (Å²) in [5.41, 5.74) is 0.673. The van der Waals surface area contributed by atoms with E-state index in [9.17, 15) is 8.42 Å². The molecule has 0 spiro atoms. The first-order chi connectivity index (χ1) is 7.98. The van der Waals surface area contributed by atoms with Gasteiger partial charge in [0, 0.05) is 17.1 Å². The number of anilines is 1. The van der Waals surface area contributed by atoms with Gasteiger partial charge in [0.05, 0.1) is 15.8 Å². The van der Waals surface area contributed by atoms with E-state index >= 15 is 0 Å². The van der Waals surface area contributed by atoms with Crippen molar-refractivity contribution in [1.29, 1.82) is 0 Å². The molecule has 0 aromatic heterocycles. The van der Waals surface area contributed by atoms with E-state index in [-0.39, 0.29) is 6.04 Å². The number of fused-ring (bicyclic) bond motifs is 1. The number of hydrogen-bond acceptors (Lipinski definition) is 4. The van der Waals surface area contributed by atoms with Crippen molar-refractivity contribution in [3.8, 4) is 0 Å². The first kappa shape index (κ1) is 12.9. The number of hydrogen-bond donors (Lipinski definition) is 2. The third-order valence-electron chi connectivity index (χ3n) is 3.02. The number of sulfone groups is 1. The fourth-order valence-electron chi connectivity index (χ4n) is 2.12. The molecule has 4 nitrogen and oxygen atoms in total. The molecule has 1 aliphatic rings. The summed E-state index contributed by atoms with van der Waals surface area (Å²) in [7, 11) is -1.51. The molecule has 1 aliphatic heterocycles. The van der Waals surface area contributed by atoms with Crippen molar-refractivity contribution in [3.05, 3.63) is 22.7 Å². The molecule has 1 heterocycles. The van der Waals surface area contributed by atoms with Gasteiger partial charge in [-0.3, -0.25) is 0 Å². The second-order valence-electron chi connectivity index (χ2n) is 4.19. The zero-order chi connectivity index (χ0) is 12.6. The molecule has 2 N–H and O–H groups in total. The fraction of sp³-hybridized carbons (Fsp3) is 0.455. The molecule has 0 bridgehead atoms. The second-order valence-corrected chi connectivity index (χ2v) is 7.18. The van der Waals surface area contributed by atoms with Crippen LogP contribution < -0.4 is 10.6 Å². The summed E-state index contributed by atoms with van der Waals surface area (Å²) in [4.78, 5) is 0.380. The molecule has 2 rings (SSSR count). The van der Waals surface area contributed by atoms with Gasteiger partial charge < -0.3 is 10.6 Å². The Kier molecular flexibility index (Phi) is 3.47. The number of benzene rings is 1. The molecule has 0 saturated carbocycles. The largest absolute Gasteiger partial charge is 0.379 e. The summed E-state index contributed by atoms with van der Waals surface area (Å²) in [6, 6.07) is 5.12. The van der Waals surface area contributed by atoms with Gasteiger partial charge in [-0.2, -0.15) is 0 Å². The highest BCUT2D eigenvalue weighted by Gasteiger charge is 2.38. The van der Waals surface area contributed by atoms with E-state index in [1.807, 2.05) is 13.0 Å². The monoisotopic (exact) mass is 318 g/mol. The van der Waals surface area contributed by atoms with Crippen LogP contribution in [0.25, 0.3) is 0 Å². The van der Waals surface area contributed by atoms with Crippen LogP contribution in [0.3, 0.4) is 0 Å². The highest BCUT2D eigenvalue weighted by molar-refractivity contribution is 9.10. The van der Waals surface area contributed by atoms with Gasteiger partial charge in [-0.05, 0) is 42.0 Å². The van der Waals surface area contributed by atoms with Crippen LogP contribution in [0.5, 0.6) is 0 Å². The van der Waals surface area contributed by atoms with Crippen LogP contribution in [0, 0.1) is 0 Å². The normalized spacial score (nSPS) is 26.1. The Bertz CT molecular complexity index is 530. The van der Waals surface area contributed by atoms with E-state index in [2.05, 4.69) is 26.6 Å². The van der Waals surface area contributed by atoms with Gasteiger partial charge in [0.2, 0.25) is 0 Å². The van der Waals surface area contributed by atoms with Crippen LogP contribution in [-0.4, -0.2) is 33.3 Å². The molecule has 2 unspecified atom stereocenters. The molecule has 94 valence electrons. The van der Waals surface area contributed by atoms with E-state index < -0.39 is 15.1 Å². The van der Waals surface area contributed by atoms with Crippen molar-refractivity contribution in [1.82, 2.24) is 5.32 Å². The zero-order valence-electron chi connectivity index (χ0n) is 9.70. The Balaban J connectivity index is 2.58. The number of halogens is 1. The number of nitrogens with one attached hydrogen (secondary N) is 2. The van der Waals surface area contributed by atoms with E-state index in [0.29, 0.717) is 17.1 Å². The SMILES string of the molecule is CNCC1C(C)Nc2c(Br)cccc2S1(=O)=O. The topological polar surface area (TPSA) is 58.2 Å². The molecule has 0 fully saturated rings. The van der Waals surface area contributed by atoms with Crippen LogP contribution in [-0.2, 0) is 9.84 Å². The predicted octanol–water partition coefficient (Wildman–Crippen LogP) is 1.62. The smallest absolute Gasteiger partial charge is 0.186 e. The molecule has 2 atom stereocenters. The molecule has 6 heteroatoms. The lowest BCUT2D eigenvalue weighted by atomic mass is 10.2. The van der Waals surface area contributed by atoms with Crippen molar-refractivity contribution in [3.63, 3.8) is 0 Å². The Morgan fingerprint density at radius 1 is 1.47 bits per heavy atom. The maximum atomic E-state index is 12.5. The lowest BCUT2D eigenvalue weighted by molar-refractivity contribution is 0.549. The van der Waals surface area contributed by atoms with Crippen molar-refractivity contribution < 1.29 is 8.42 Å². The first-order valence-corrected chi connectivity index (χ1v) is 7.76. The van der Waals surface area contributed by atoms with Crippen LogP contribution >= 0.6 is 15.9 Å². The molecule has 0 radical (unpaired) electrons. The summed E-state index contributed by atoms with van der Waals surface area (Å²) in [6.07, 6.45) is 0. The number of rotatable bonds is 2. The zero-order valence-corrected chi connectivity index (χ0v) is 12.1. The minimum Gasteiger partial charge on any atom is -0.379 e. The van der Waals surface area contributed by atoms with Gasteiger partial charge in [-0.15, -0.1) is 0 Å². The Labute approximate surface area is 110 Å². The van der Waals surface area contributed by atoms with Gasteiger partial charge in [0.15, 0.2) is 9.84 Å².